The van der Waals surface area contributed by atoms with Crippen LogP contribution in [-0.2, 0) is 11.2 Å². The van der Waals surface area contributed by atoms with Crippen molar-refractivity contribution in [3.05, 3.63) is 33.1 Å². The second-order valence-corrected chi connectivity index (χ2v) is 5.57. The molecule has 20 heavy (non-hydrogen) atoms. The Balaban J connectivity index is 2.08. The van der Waals surface area contributed by atoms with Crippen molar-refractivity contribution in [1.82, 2.24) is 4.98 Å². The molecule has 0 aromatic carbocycles. The molecule has 0 bridgehead atoms. The van der Waals surface area contributed by atoms with Gasteiger partial charge in [-0.15, -0.1) is 0 Å². The highest BCUT2D eigenvalue weighted by atomic mass is 16.6. The number of nitrogens with zero attached hydrogens (tertiary/aromatic N) is 2. The Hall–Kier alpha value is -1.78. The van der Waals surface area contributed by atoms with E-state index in [0.717, 1.165) is 25.7 Å². The monoisotopic (exact) mass is 276 g/mol. The third-order valence-electron chi connectivity index (χ3n) is 4.18. The molecule has 1 fully saturated rings. The van der Waals surface area contributed by atoms with Crippen molar-refractivity contribution < 1.29 is 9.72 Å². The predicted octanol–water partition coefficient (Wildman–Crippen LogP) is 3.30. The average molecular weight is 276 g/mol. The molecule has 0 amide bonds. The van der Waals surface area contributed by atoms with E-state index in [0.29, 0.717) is 29.7 Å². The van der Waals surface area contributed by atoms with Crippen LogP contribution in [0.1, 0.15) is 48.9 Å². The standard InChI is InChI=1S/C15H20N2O3/c1-10-9-16-13(11(2)15(10)17(19)20)7-8-14(18)12-5-3-4-6-12/h9,12H,3-8H2,1-2H3. The minimum atomic E-state index is -0.366. The molecule has 0 atom stereocenters. The van der Waals surface area contributed by atoms with Gasteiger partial charge in [-0.25, -0.2) is 0 Å². The highest BCUT2D eigenvalue weighted by molar-refractivity contribution is 5.81. The summed E-state index contributed by atoms with van der Waals surface area (Å²) in [6, 6.07) is 0. The number of hydrogen-bond acceptors (Lipinski definition) is 4. The second-order valence-electron chi connectivity index (χ2n) is 5.57. The van der Waals surface area contributed by atoms with E-state index in [1.54, 1.807) is 13.8 Å². The SMILES string of the molecule is Cc1cnc(CCC(=O)C2CCCC2)c(C)c1[N+](=O)[O-]. The van der Waals surface area contributed by atoms with Crippen molar-refractivity contribution in [2.24, 2.45) is 5.92 Å². The third kappa shape index (κ3) is 3.03. The molecule has 0 N–H and O–H groups in total. The lowest BCUT2D eigenvalue weighted by molar-refractivity contribution is -0.386. The van der Waals surface area contributed by atoms with Crippen molar-refractivity contribution in [2.45, 2.75) is 52.4 Å². The number of hydrogen-bond donors (Lipinski definition) is 0. The molecular formula is C15H20N2O3. The van der Waals surface area contributed by atoms with Crippen molar-refractivity contribution in [1.29, 1.82) is 0 Å². The molecule has 0 spiro atoms. The summed E-state index contributed by atoms with van der Waals surface area (Å²) in [7, 11) is 0. The van der Waals surface area contributed by atoms with Crippen LogP contribution in [-0.4, -0.2) is 15.7 Å². The van der Waals surface area contributed by atoms with Crippen LogP contribution in [0.25, 0.3) is 0 Å². The lowest BCUT2D eigenvalue weighted by Gasteiger charge is -2.09. The summed E-state index contributed by atoms with van der Waals surface area (Å²) in [5, 5.41) is 11.1. The van der Waals surface area contributed by atoms with Gasteiger partial charge in [0.15, 0.2) is 0 Å². The fraction of sp³-hybridized carbons (Fsp3) is 0.600. The largest absolute Gasteiger partial charge is 0.299 e. The molecule has 1 saturated carbocycles. The lowest BCUT2D eigenvalue weighted by atomic mass is 9.96. The van der Waals surface area contributed by atoms with Gasteiger partial charge in [-0.1, -0.05) is 12.8 Å². The first-order chi connectivity index (χ1) is 9.50. The first kappa shape index (κ1) is 14.6. The summed E-state index contributed by atoms with van der Waals surface area (Å²) in [4.78, 5) is 27.0. The van der Waals surface area contributed by atoms with Gasteiger partial charge in [-0.2, -0.15) is 0 Å². The second kappa shape index (κ2) is 6.11. The zero-order valence-electron chi connectivity index (χ0n) is 12.0. The fourth-order valence-corrected chi connectivity index (χ4v) is 2.99. The van der Waals surface area contributed by atoms with Crippen LogP contribution in [0.4, 0.5) is 5.69 Å². The summed E-state index contributed by atoms with van der Waals surface area (Å²) < 4.78 is 0. The quantitative estimate of drug-likeness (QED) is 0.611. The smallest absolute Gasteiger partial charge is 0.278 e. The van der Waals surface area contributed by atoms with Crippen LogP contribution in [0.3, 0.4) is 0 Å². The number of carbonyl (C=O) groups is 1. The number of ketones is 1. The first-order valence-electron chi connectivity index (χ1n) is 7.13. The Morgan fingerprint density at radius 3 is 2.65 bits per heavy atom. The Labute approximate surface area is 118 Å². The molecule has 108 valence electrons. The van der Waals surface area contributed by atoms with Gasteiger partial charge in [0.2, 0.25) is 0 Å². The van der Waals surface area contributed by atoms with E-state index in [4.69, 9.17) is 0 Å². The molecule has 1 heterocycles. The minimum absolute atomic E-state index is 0.128. The maximum absolute atomic E-state index is 12.1. The van der Waals surface area contributed by atoms with E-state index in [1.165, 1.54) is 6.20 Å². The van der Waals surface area contributed by atoms with E-state index >= 15 is 0 Å². The zero-order chi connectivity index (χ0) is 14.7. The maximum atomic E-state index is 12.1. The van der Waals surface area contributed by atoms with Gasteiger partial charge in [0.25, 0.3) is 5.69 Å². The molecule has 0 radical (unpaired) electrons. The maximum Gasteiger partial charge on any atom is 0.278 e. The molecule has 1 aliphatic carbocycles. The Morgan fingerprint density at radius 2 is 2.05 bits per heavy atom. The molecule has 0 saturated heterocycles. The summed E-state index contributed by atoms with van der Waals surface area (Å²) in [5.41, 5.74) is 1.96. The van der Waals surface area contributed by atoms with Crippen molar-refractivity contribution in [3.63, 3.8) is 0 Å². The van der Waals surface area contributed by atoms with Crippen LogP contribution in [0.5, 0.6) is 0 Å². The predicted molar refractivity (Wildman–Crippen MR) is 75.7 cm³/mol. The van der Waals surface area contributed by atoms with E-state index in [2.05, 4.69) is 4.98 Å². The topological polar surface area (TPSA) is 73.1 Å². The molecular weight excluding hydrogens is 256 g/mol. The zero-order valence-corrected chi connectivity index (χ0v) is 12.0. The van der Waals surface area contributed by atoms with E-state index in [1.807, 2.05) is 0 Å². The van der Waals surface area contributed by atoms with E-state index in [9.17, 15) is 14.9 Å². The van der Waals surface area contributed by atoms with Crippen LogP contribution in [0, 0.1) is 29.9 Å². The molecule has 1 aliphatic rings. The van der Waals surface area contributed by atoms with Gasteiger partial charge in [-0.3, -0.25) is 19.9 Å². The number of Topliss-reactive ketones (excluding diaryl/α,β-unsaturated/α-hetero) is 1. The number of carbonyl (C=O) groups excluding carboxylic acids is 1. The van der Waals surface area contributed by atoms with Crippen LogP contribution >= 0.6 is 0 Å². The summed E-state index contributed by atoms with van der Waals surface area (Å²) in [5.74, 6) is 0.489. The first-order valence-corrected chi connectivity index (χ1v) is 7.13. The molecule has 5 nitrogen and oxygen atoms in total. The van der Waals surface area contributed by atoms with E-state index < -0.39 is 0 Å². The van der Waals surface area contributed by atoms with Crippen LogP contribution in [0.15, 0.2) is 6.20 Å². The molecule has 0 aliphatic heterocycles. The molecule has 1 aromatic heterocycles. The normalized spacial score (nSPS) is 15.5. The van der Waals surface area contributed by atoms with Crippen LogP contribution < -0.4 is 0 Å². The van der Waals surface area contributed by atoms with Gasteiger partial charge in [0.1, 0.15) is 5.78 Å². The van der Waals surface area contributed by atoms with Gasteiger partial charge >= 0.3 is 0 Å². The Kier molecular flexibility index (Phi) is 4.47. The highest BCUT2D eigenvalue weighted by Crippen LogP contribution is 2.28. The minimum Gasteiger partial charge on any atom is -0.299 e. The highest BCUT2D eigenvalue weighted by Gasteiger charge is 2.23. The number of nitro groups is 1. The number of pyridine rings is 1. The molecule has 1 aromatic rings. The van der Waals surface area contributed by atoms with Crippen molar-refractivity contribution >= 4 is 11.5 Å². The fourth-order valence-electron chi connectivity index (χ4n) is 2.99. The van der Waals surface area contributed by atoms with Crippen molar-refractivity contribution in [2.75, 3.05) is 0 Å². The van der Waals surface area contributed by atoms with E-state index in [-0.39, 0.29) is 22.3 Å². The van der Waals surface area contributed by atoms with Gasteiger partial charge in [0.05, 0.1) is 10.6 Å². The number of aromatic nitrogens is 1. The molecule has 0 unspecified atom stereocenters. The van der Waals surface area contributed by atoms with Gasteiger partial charge < -0.3 is 0 Å². The third-order valence-corrected chi connectivity index (χ3v) is 4.18. The Morgan fingerprint density at radius 1 is 1.40 bits per heavy atom. The lowest BCUT2D eigenvalue weighted by Crippen LogP contribution is -2.12. The summed E-state index contributed by atoms with van der Waals surface area (Å²) >= 11 is 0. The van der Waals surface area contributed by atoms with Crippen molar-refractivity contribution in [3.8, 4) is 0 Å². The van der Waals surface area contributed by atoms with Crippen LogP contribution in [0.2, 0.25) is 0 Å². The Bertz CT molecular complexity index is 534. The van der Waals surface area contributed by atoms with Gasteiger partial charge in [0, 0.05) is 29.7 Å². The number of aryl methyl sites for hydroxylation is 2. The summed E-state index contributed by atoms with van der Waals surface area (Å²) in [6.45, 7) is 3.40. The summed E-state index contributed by atoms with van der Waals surface area (Å²) in [6.07, 6.45) is 6.76. The van der Waals surface area contributed by atoms with Gasteiger partial charge in [-0.05, 0) is 33.1 Å². The average Bonchev–Trinajstić information content (AvgIpc) is 2.91. The molecule has 5 heteroatoms. The molecule has 2 rings (SSSR count). The number of rotatable bonds is 5.